The van der Waals surface area contributed by atoms with E-state index in [0.29, 0.717) is 5.41 Å². The minimum atomic E-state index is 0.0845. The lowest BCUT2D eigenvalue weighted by Gasteiger charge is -2.50. The van der Waals surface area contributed by atoms with Crippen LogP contribution in [-0.4, -0.2) is 11.1 Å². The van der Waals surface area contributed by atoms with E-state index < -0.39 is 0 Å². The van der Waals surface area contributed by atoms with E-state index in [4.69, 9.17) is 23.2 Å². The van der Waals surface area contributed by atoms with Crippen LogP contribution in [0.5, 0.6) is 0 Å². The van der Waals surface area contributed by atoms with E-state index in [1.165, 1.54) is 96.2 Å². The van der Waals surface area contributed by atoms with Crippen molar-refractivity contribution >= 4 is 56.2 Å². The maximum Gasteiger partial charge on any atom is 0.0517 e. The van der Waals surface area contributed by atoms with Crippen LogP contribution in [-0.2, 0) is 21.7 Å². The zero-order valence-corrected chi connectivity index (χ0v) is 38.8. The minimum absolute atomic E-state index is 0.0845. The molecule has 0 bridgehead atoms. The second kappa shape index (κ2) is 15.0. The van der Waals surface area contributed by atoms with E-state index in [1.54, 1.807) is 5.56 Å². The minimum Gasteiger partial charge on any atom is -0.379 e. The molecule has 4 aliphatic rings. The van der Waals surface area contributed by atoms with Gasteiger partial charge in [-0.3, -0.25) is 0 Å². The third kappa shape index (κ3) is 7.90. The first kappa shape index (κ1) is 42.2. The molecular weight excluding hydrogens is 779 g/mol. The fourth-order valence-corrected chi connectivity index (χ4v) is 11.5. The van der Waals surface area contributed by atoms with Crippen molar-refractivity contribution in [2.24, 2.45) is 0 Å². The predicted molar refractivity (Wildman–Crippen MR) is 245 cm³/mol. The van der Waals surface area contributed by atoms with Crippen LogP contribution in [0.2, 0.25) is 10.0 Å². The molecule has 0 saturated heterocycles. The summed E-state index contributed by atoms with van der Waals surface area (Å²) in [4.78, 5) is 2.60. The molecule has 4 aromatic rings. The molecule has 4 unspecified atom stereocenters. The van der Waals surface area contributed by atoms with E-state index in [0.717, 1.165) is 14.5 Å². The van der Waals surface area contributed by atoms with Gasteiger partial charge in [0.1, 0.15) is 0 Å². The van der Waals surface area contributed by atoms with Crippen molar-refractivity contribution in [3.05, 3.63) is 121 Å². The average Bonchev–Trinajstić information content (AvgIpc) is 3.43. The lowest BCUT2D eigenvalue weighted by molar-refractivity contribution is 0.194. The van der Waals surface area contributed by atoms with Gasteiger partial charge < -0.3 is 10.2 Å². The van der Waals surface area contributed by atoms with E-state index in [1.807, 2.05) is 31.2 Å². The molecule has 4 atom stereocenters. The summed E-state index contributed by atoms with van der Waals surface area (Å²) in [5, 5.41) is 5.44. The first-order chi connectivity index (χ1) is 25.5. The van der Waals surface area contributed by atoms with Crippen molar-refractivity contribution in [3.8, 4) is 0 Å². The van der Waals surface area contributed by atoms with E-state index in [2.05, 4.69) is 151 Å². The van der Waals surface area contributed by atoms with Gasteiger partial charge in [-0.25, -0.2) is 0 Å². The summed E-state index contributed by atoms with van der Waals surface area (Å²) in [6.07, 6.45) is 10.4. The van der Waals surface area contributed by atoms with E-state index >= 15 is 0 Å². The summed E-state index contributed by atoms with van der Waals surface area (Å²) in [5.41, 5.74) is 13.6. The maximum absolute atomic E-state index is 6.47. The lowest BCUT2D eigenvalue weighted by Crippen LogP contribution is -2.54. The molecular formula is C50H65BrCl2N2. The van der Waals surface area contributed by atoms with Crippen molar-refractivity contribution in [1.29, 1.82) is 0 Å². The summed E-state index contributed by atoms with van der Waals surface area (Å²) >= 11 is 15.5. The first-order valence-corrected chi connectivity index (χ1v) is 22.1. The summed E-state index contributed by atoms with van der Waals surface area (Å²) < 4.78 is 1.03. The zero-order valence-electron chi connectivity index (χ0n) is 35.7. The van der Waals surface area contributed by atoms with Gasteiger partial charge in [0.05, 0.1) is 5.54 Å². The summed E-state index contributed by atoms with van der Waals surface area (Å²) in [6, 6.07) is 26.6. The molecule has 8 rings (SSSR count). The standard InChI is InChI=1S/C25H32ClN.C18H27N.C7H6BrCl/c1-17-13-19(26)16-20(14-17)27-22-10-9-18(23(2,3)4)15-21(22)24(5)11-7-8-12-25(24,27)6;1-16(2,3)13-8-9-15-14(12-13)17(4)10-6-7-11-18(17,5)19-15;1-5-2-6(8)4-7(9)3-5/h9-10,13-16H,7-8,11-12H2,1-6H3;8-9,12,19H,6-7,10-11H2,1-5H3;2-4H,1H3. The third-order valence-electron chi connectivity index (χ3n) is 14.0. The van der Waals surface area contributed by atoms with Gasteiger partial charge in [-0.05, 0) is 146 Å². The lowest BCUT2D eigenvalue weighted by atomic mass is 9.61. The zero-order chi connectivity index (χ0) is 40.4. The predicted octanol–water partition coefficient (Wildman–Crippen LogP) is 16.1. The Morgan fingerprint density at radius 1 is 0.600 bits per heavy atom. The number of aryl methyl sites for hydroxylation is 2. The third-order valence-corrected chi connectivity index (χ3v) is 14.9. The van der Waals surface area contributed by atoms with Crippen LogP contribution in [0.1, 0.15) is 154 Å². The quantitative estimate of drug-likeness (QED) is 0.205. The number of rotatable bonds is 1. The summed E-state index contributed by atoms with van der Waals surface area (Å²) in [6.45, 7) is 27.8. The Bertz CT molecular complexity index is 1990. The fourth-order valence-electron chi connectivity index (χ4n) is 10.2. The van der Waals surface area contributed by atoms with E-state index in [-0.39, 0.29) is 27.3 Å². The molecule has 0 spiro atoms. The van der Waals surface area contributed by atoms with Crippen LogP contribution < -0.4 is 10.2 Å². The molecule has 2 nitrogen and oxygen atoms in total. The molecule has 0 amide bonds. The van der Waals surface area contributed by atoms with Crippen molar-refractivity contribution < 1.29 is 0 Å². The Morgan fingerprint density at radius 2 is 1.13 bits per heavy atom. The van der Waals surface area contributed by atoms with Crippen molar-refractivity contribution in [1.82, 2.24) is 0 Å². The second-order valence-electron chi connectivity index (χ2n) is 20.1. The molecule has 2 heterocycles. The highest BCUT2D eigenvalue weighted by atomic mass is 79.9. The SMILES string of the molecule is CC(C)(C)c1ccc2c(c1)C1(C)CCCCC1(C)N2.Cc1cc(Cl)cc(Br)c1.Cc1cc(Cl)cc(N2c3ccc(C(C)(C)C)cc3C3(C)CCCCC23C)c1. The molecule has 5 heteroatoms. The first-order valence-electron chi connectivity index (χ1n) is 20.6. The largest absolute Gasteiger partial charge is 0.379 e. The molecule has 2 aliphatic heterocycles. The Morgan fingerprint density at radius 3 is 1.71 bits per heavy atom. The highest BCUT2D eigenvalue weighted by molar-refractivity contribution is 9.10. The van der Waals surface area contributed by atoms with Crippen molar-refractivity contribution in [2.45, 2.75) is 167 Å². The highest BCUT2D eigenvalue weighted by Crippen LogP contribution is 2.61. The van der Waals surface area contributed by atoms with Gasteiger partial charge in [0.25, 0.3) is 0 Å². The Balaban J connectivity index is 0.000000159. The van der Waals surface area contributed by atoms with E-state index in [9.17, 15) is 0 Å². The van der Waals surface area contributed by atoms with Gasteiger partial charge in [0, 0.05) is 47.9 Å². The van der Waals surface area contributed by atoms with Gasteiger partial charge >= 0.3 is 0 Å². The fraction of sp³-hybridized carbons (Fsp3) is 0.520. The van der Waals surface area contributed by atoms with Crippen LogP contribution in [0.25, 0.3) is 0 Å². The van der Waals surface area contributed by atoms with Crippen molar-refractivity contribution in [3.63, 3.8) is 0 Å². The number of nitrogens with one attached hydrogen (secondary N) is 1. The molecule has 2 aliphatic carbocycles. The topological polar surface area (TPSA) is 15.3 Å². The van der Waals surface area contributed by atoms with Crippen LogP contribution in [0.3, 0.4) is 0 Å². The monoisotopic (exact) mass is 842 g/mol. The Kier molecular flexibility index (Phi) is 11.5. The molecule has 1 N–H and O–H groups in total. The van der Waals surface area contributed by atoms with Gasteiger partial charge in [0.15, 0.2) is 0 Å². The van der Waals surface area contributed by atoms with Gasteiger partial charge in [-0.2, -0.15) is 0 Å². The molecule has 2 fully saturated rings. The van der Waals surface area contributed by atoms with Crippen molar-refractivity contribution in [2.75, 3.05) is 10.2 Å². The normalized spacial score (nSPS) is 26.6. The highest BCUT2D eigenvalue weighted by Gasteiger charge is 2.58. The summed E-state index contributed by atoms with van der Waals surface area (Å²) in [5.74, 6) is 0. The molecule has 2 saturated carbocycles. The number of hydrogen-bond acceptors (Lipinski definition) is 2. The molecule has 296 valence electrons. The smallest absolute Gasteiger partial charge is 0.0517 e. The number of benzene rings is 4. The number of hydrogen-bond donors (Lipinski definition) is 1. The van der Waals surface area contributed by atoms with Gasteiger partial charge in [-0.1, -0.05) is 144 Å². The number of halogens is 3. The van der Waals surface area contributed by atoms with Crippen LogP contribution in [0.4, 0.5) is 17.1 Å². The molecule has 0 radical (unpaired) electrons. The molecule has 4 aromatic carbocycles. The van der Waals surface area contributed by atoms with Crippen LogP contribution >= 0.6 is 39.1 Å². The van der Waals surface area contributed by atoms with Crippen LogP contribution in [0.15, 0.2) is 77.3 Å². The summed E-state index contributed by atoms with van der Waals surface area (Å²) in [7, 11) is 0. The second-order valence-corrected chi connectivity index (χ2v) is 21.9. The number of anilines is 3. The number of fused-ring (bicyclic) bond motifs is 6. The molecule has 0 aromatic heterocycles. The van der Waals surface area contributed by atoms with Gasteiger partial charge in [0.2, 0.25) is 0 Å². The number of nitrogens with zero attached hydrogens (tertiary/aromatic N) is 1. The maximum atomic E-state index is 6.47. The molecule has 55 heavy (non-hydrogen) atoms. The average molecular weight is 845 g/mol. The van der Waals surface area contributed by atoms with Gasteiger partial charge in [-0.15, -0.1) is 0 Å². The Labute approximate surface area is 352 Å². The van der Waals surface area contributed by atoms with Crippen LogP contribution in [0, 0.1) is 13.8 Å². The Hall–Kier alpha value is -2.46.